The van der Waals surface area contributed by atoms with Gasteiger partial charge in [-0.05, 0) is 11.8 Å². The predicted molar refractivity (Wildman–Crippen MR) is 68.1 cm³/mol. The molecule has 5 nitrogen and oxygen atoms in total. The molecule has 1 aliphatic rings. The van der Waals surface area contributed by atoms with Crippen LogP contribution < -0.4 is 11.1 Å². The van der Waals surface area contributed by atoms with Gasteiger partial charge in [-0.15, -0.1) is 10.2 Å². The molecule has 1 aromatic rings. The molecule has 94 valence electrons. The standard InChI is InChI=1S/C11H17ClN4O/c1-11(2)4-7(17-6-11)5-14-8-3-9(12)15-16-10(8)13/h3,7H,4-6H2,1-2H3,(H2,13,16)(H,14,15). The molecule has 0 saturated carbocycles. The summed E-state index contributed by atoms with van der Waals surface area (Å²) in [5.74, 6) is 0.353. The van der Waals surface area contributed by atoms with Gasteiger partial charge in [0.1, 0.15) is 0 Å². The van der Waals surface area contributed by atoms with Crippen LogP contribution in [0.2, 0.25) is 5.15 Å². The van der Waals surface area contributed by atoms with Gasteiger partial charge in [0.05, 0.1) is 18.4 Å². The highest BCUT2D eigenvalue weighted by molar-refractivity contribution is 6.29. The number of aromatic nitrogens is 2. The Hall–Kier alpha value is -1.07. The van der Waals surface area contributed by atoms with E-state index in [9.17, 15) is 0 Å². The van der Waals surface area contributed by atoms with Crippen molar-refractivity contribution in [2.45, 2.75) is 26.4 Å². The molecular weight excluding hydrogens is 240 g/mol. The Bertz CT molecular complexity index is 410. The fourth-order valence-corrected chi connectivity index (χ4v) is 2.10. The van der Waals surface area contributed by atoms with Crippen molar-refractivity contribution in [2.75, 3.05) is 24.2 Å². The molecule has 2 rings (SSSR count). The first-order valence-corrected chi connectivity index (χ1v) is 5.98. The van der Waals surface area contributed by atoms with Gasteiger partial charge in [-0.25, -0.2) is 0 Å². The first-order chi connectivity index (χ1) is 7.96. The second kappa shape index (κ2) is 4.66. The predicted octanol–water partition coefficient (Wildman–Crippen LogP) is 1.94. The Kier molecular flexibility index (Phi) is 3.40. The Morgan fingerprint density at radius 2 is 2.35 bits per heavy atom. The van der Waals surface area contributed by atoms with Crippen LogP contribution >= 0.6 is 11.6 Å². The van der Waals surface area contributed by atoms with Crippen molar-refractivity contribution in [3.8, 4) is 0 Å². The van der Waals surface area contributed by atoms with Gasteiger partial charge in [-0.3, -0.25) is 0 Å². The molecule has 0 amide bonds. The average Bonchev–Trinajstić information content (AvgIpc) is 2.60. The monoisotopic (exact) mass is 256 g/mol. The summed E-state index contributed by atoms with van der Waals surface area (Å²) in [7, 11) is 0. The molecule has 0 spiro atoms. The van der Waals surface area contributed by atoms with E-state index in [4.69, 9.17) is 22.1 Å². The van der Waals surface area contributed by atoms with Crippen LogP contribution in [-0.4, -0.2) is 29.5 Å². The summed E-state index contributed by atoms with van der Waals surface area (Å²) in [4.78, 5) is 0. The van der Waals surface area contributed by atoms with E-state index in [2.05, 4.69) is 29.4 Å². The van der Waals surface area contributed by atoms with Gasteiger partial charge in [0.2, 0.25) is 0 Å². The van der Waals surface area contributed by atoms with Crippen molar-refractivity contribution in [2.24, 2.45) is 5.41 Å². The zero-order chi connectivity index (χ0) is 12.5. The average molecular weight is 257 g/mol. The van der Waals surface area contributed by atoms with Gasteiger partial charge in [-0.1, -0.05) is 25.4 Å². The van der Waals surface area contributed by atoms with Gasteiger partial charge in [0, 0.05) is 12.6 Å². The molecule has 1 saturated heterocycles. The number of anilines is 2. The number of nitrogens with one attached hydrogen (secondary N) is 1. The second-order valence-corrected chi connectivity index (χ2v) is 5.54. The summed E-state index contributed by atoms with van der Waals surface area (Å²) in [6.07, 6.45) is 1.24. The molecule has 3 N–H and O–H groups in total. The lowest BCUT2D eigenvalue weighted by Gasteiger charge is -2.15. The fourth-order valence-electron chi connectivity index (χ4n) is 1.95. The van der Waals surface area contributed by atoms with Crippen molar-refractivity contribution in [1.82, 2.24) is 10.2 Å². The van der Waals surface area contributed by atoms with Crippen molar-refractivity contribution in [3.05, 3.63) is 11.2 Å². The van der Waals surface area contributed by atoms with Crippen LogP contribution in [0.5, 0.6) is 0 Å². The number of rotatable bonds is 3. The van der Waals surface area contributed by atoms with E-state index in [1.165, 1.54) is 0 Å². The Labute approximate surface area is 106 Å². The summed E-state index contributed by atoms with van der Waals surface area (Å²) in [5, 5.41) is 10.9. The van der Waals surface area contributed by atoms with Gasteiger partial charge >= 0.3 is 0 Å². The minimum absolute atomic E-state index is 0.205. The van der Waals surface area contributed by atoms with Crippen molar-refractivity contribution < 1.29 is 4.74 Å². The molecule has 1 atom stereocenters. The smallest absolute Gasteiger partial charge is 0.169 e. The number of nitrogen functional groups attached to an aromatic ring is 1. The molecule has 6 heteroatoms. The topological polar surface area (TPSA) is 73.1 Å². The second-order valence-electron chi connectivity index (χ2n) is 5.15. The summed E-state index contributed by atoms with van der Waals surface area (Å²) in [6.45, 7) is 5.90. The first kappa shape index (κ1) is 12.4. The molecule has 0 aliphatic carbocycles. The van der Waals surface area contributed by atoms with Gasteiger partial charge < -0.3 is 15.8 Å². The maximum absolute atomic E-state index is 5.76. The molecule has 17 heavy (non-hydrogen) atoms. The molecule has 0 bridgehead atoms. The minimum Gasteiger partial charge on any atom is -0.380 e. The number of ether oxygens (including phenoxy) is 1. The van der Waals surface area contributed by atoms with E-state index in [1.807, 2.05) is 0 Å². The minimum atomic E-state index is 0.205. The van der Waals surface area contributed by atoms with E-state index in [0.29, 0.717) is 23.2 Å². The Morgan fingerprint density at radius 1 is 1.59 bits per heavy atom. The van der Waals surface area contributed by atoms with Crippen LogP contribution in [0, 0.1) is 5.41 Å². The third-order valence-electron chi connectivity index (χ3n) is 2.80. The van der Waals surface area contributed by atoms with Crippen LogP contribution in [0.4, 0.5) is 11.5 Å². The normalized spacial score (nSPS) is 22.6. The third-order valence-corrected chi connectivity index (χ3v) is 2.99. The SMILES string of the molecule is CC1(C)COC(CNc2cc(Cl)nnc2N)C1. The maximum Gasteiger partial charge on any atom is 0.169 e. The summed E-state index contributed by atoms with van der Waals surface area (Å²) in [6, 6.07) is 1.67. The maximum atomic E-state index is 5.76. The van der Waals surface area contributed by atoms with Crippen LogP contribution in [0.15, 0.2) is 6.07 Å². The van der Waals surface area contributed by atoms with Gasteiger partial charge in [-0.2, -0.15) is 0 Å². The van der Waals surface area contributed by atoms with E-state index >= 15 is 0 Å². The molecule has 1 aromatic heterocycles. The van der Waals surface area contributed by atoms with Crippen LogP contribution in [0.3, 0.4) is 0 Å². The highest BCUT2D eigenvalue weighted by Crippen LogP contribution is 2.31. The fraction of sp³-hybridized carbons (Fsp3) is 0.636. The van der Waals surface area contributed by atoms with E-state index in [0.717, 1.165) is 13.0 Å². The van der Waals surface area contributed by atoms with Gasteiger partial charge in [0.15, 0.2) is 11.0 Å². The largest absolute Gasteiger partial charge is 0.380 e. The summed E-state index contributed by atoms with van der Waals surface area (Å²) < 4.78 is 5.69. The lowest BCUT2D eigenvalue weighted by atomic mass is 9.91. The number of nitrogens with two attached hydrogens (primary N) is 1. The number of halogens is 1. The van der Waals surface area contributed by atoms with Crippen molar-refractivity contribution in [1.29, 1.82) is 0 Å². The number of nitrogens with zero attached hydrogens (tertiary/aromatic N) is 2. The molecule has 1 unspecified atom stereocenters. The lowest BCUT2D eigenvalue weighted by Crippen LogP contribution is -2.20. The molecule has 0 aromatic carbocycles. The summed E-state index contributed by atoms with van der Waals surface area (Å²) in [5.41, 5.74) is 6.65. The molecule has 2 heterocycles. The molecular formula is C11H17ClN4O. The first-order valence-electron chi connectivity index (χ1n) is 5.60. The zero-order valence-electron chi connectivity index (χ0n) is 10.0. The Balaban J connectivity index is 1.92. The zero-order valence-corrected chi connectivity index (χ0v) is 10.8. The summed E-state index contributed by atoms with van der Waals surface area (Å²) >= 11 is 5.76. The van der Waals surface area contributed by atoms with Crippen molar-refractivity contribution >= 4 is 23.1 Å². The van der Waals surface area contributed by atoms with Crippen molar-refractivity contribution in [3.63, 3.8) is 0 Å². The highest BCUT2D eigenvalue weighted by atomic mass is 35.5. The number of hydrogen-bond acceptors (Lipinski definition) is 5. The molecule has 1 aliphatic heterocycles. The van der Waals surface area contributed by atoms with E-state index in [1.54, 1.807) is 6.07 Å². The highest BCUT2D eigenvalue weighted by Gasteiger charge is 2.31. The number of hydrogen-bond donors (Lipinski definition) is 2. The Morgan fingerprint density at radius 3 is 3.00 bits per heavy atom. The van der Waals surface area contributed by atoms with E-state index in [-0.39, 0.29) is 11.5 Å². The van der Waals surface area contributed by atoms with Crippen LogP contribution in [-0.2, 0) is 4.74 Å². The van der Waals surface area contributed by atoms with E-state index < -0.39 is 0 Å². The van der Waals surface area contributed by atoms with Gasteiger partial charge in [0.25, 0.3) is 0 Å². The van der Waals surface area contributed by atoms with Crippen LogP contribution in [0.1, 0.15) is 20.3 Å². The molecule has 1 fully saturated rings. The quantitative estimate of drug-likeness (QED) is 0.865. The third kappa shape index (κ3) is 3.20. The van der Waals surface area contributed by atoms with Crippen LogP contribution in [0.25, 0.3) is 0 Å². The molecule has 0 radical (unpaired) electrons. The lowest BCUT2D eigenvalue weighted by molar-refractivity contribution is 0.108.